The Labute approximate surface area is 90.9 Å². The van der Waals surface area contributed by atoms with Crippen LogP contribution < -0.4 is 0 Å². The van der Waals surface area contributed by atoms with E-state index in [9.17, 15) is 4.79 Å². The zero-order chi connectivity index (χ0) is 11.3. The van der Waals surface area contributed by atoms with Gasteiger partial charge < -0.3 is 10.2 Å². The van der Waals surface area contributed by atoms with Crippen LogP contribution in [0.15, 0.2) is 0 Å². The van der Waals surface area contributed by atoms with Gasteiger partial charge in [0.15, 0.2) is 0 Å². The molecule has 4 heteroatoms. The highest BCUT2D eigenvalue weighted by atomic mass is 16.4. The predicted octanol–water partition coefficient (Wildman–Crippen LogP) is 1.09. The van der Waals surface area contributed by atoms with Crippen molar-refractivity contribution in [2.75, 3.05) is 20.2 Å². The van der Waals surface area contributed by atoms with Crippen LogP contribution >= 0.6 is 0 Å². The van der Waals surface area contributed by atoms with Gasteiger partial charge in [0, 0.05) is 12.1 Å². The van der Waals surface area contributed by atoms with Crippen LogP contribution in [0.3, 0.4) is 0 Å². The molecule has 0 aliphatic heterocycles. The molecule has 4 nitrogen and oxygen atoms in total. The zero-order valence-electron chi connectivity index (χ0n) is 9.41. The lowest BCUT2D eigenvalue weighted by molar-refractivity contribution is -0.141. The van der Waals surface area contributed by atoms with E-state index in [0.29, 0.717) is 6.54 Å². The van der Waals surface area contributed by atoms with Gasteiger partial charge in [-0.25, -0.2) is 0 Å². The third-order valence-electron chi connectivity index (χ3n) is 3.51. The molecule has 0 aromatic heterocycles. The Kier molecular flexibility index (Phi) is 4.54. The molecule has 0 atom stereocenters. The van der Waals surface area contributed by atoms with Crippen LogP contribution in [-0.2, 0) is 4.79 Å². The molecule has 1 aliphatic carbocycles. The van der Waals surface area contributed by atoms with Gasteiger partial charge >= 0.3 is 5.97 Å². The third-order valence-corrected chi connectivity index (χ3v) is 3.51. The molecular formula is C11H21NO3. The second-order valence-electron chi connectivity index (χ2n) is 4.50. The highest BCUT2D eigenvalue weighted by Crippen LogP contribution is 2.35. The highest BCUT2D eigenvalue weighted by Gasteiger charge is 2.37. The summed E-state index contributed by atoms with van der Waals surface area (Å²) in [7, 11) is 1.92. The number of hydrogen-bond acceptors (Lipinski definition) is 3. The molecular weight excluding hydrogens is 194 g/mol. The molecule has 1 aliphatic rings. The number of aliphatic hydroxyl groups is 1. The van der Waals surface area contributed by atoms with Crippen molar-refractivity contribution in [3.63, 3.8) is 0 Å². The minimum atomic E-state index is -0.735. The van der Waals surface area contributed by atoms with Crippen molar-refractivity contribution in [2.24, 2.45) is 0 Å². The summed E-state index contributed by atoms with van der Waals surface area (Å²) in [5.41, 5.74) is -0.215. The van der Waals surface area contributed by atoms with Crippen molar-refractivity contribution in [3.05, 3.63) is 0 Å². The minimum Gasteiger partial charge on any atom is -0.481 e. The Morgan fingerprint density at radius 2 is 1.93 bits per heavy atom. The summed E-state index contributed by atoms with van der Waals surface area (Å²) in [6.07, 6.45) is 5.48. The number of hydrogen-bond donors (Lipinski definition) is 2. The van der Waals surface area contributed by atoms with Crippen LogP contribution in [0.1, 0.15) is 38.5 Å². The molecule has 88 valence electrons. The third kappa shape index (κ3) is 3.18. The monoisotopic (exact) mass is 215 g/mol. The minimum absolute atomic E-state index is 0.0951. The van der Waals surface area contributed by atoms with Crippen LogP contribution in [0, 0.1) is 0 Å². The van der Waals surface area contributed by atoms with Gasteiger partial charge in [-0.2, -0.15) is 0 Å². The van der Waals surface area contributed by atoms with Crippen LogP contribution in [0.5, 0.6) is 0 Å². The molecule has 1 fully saturated rings. The van der Waals surface area contributed by atoms with Crippen molar-refractivity contribution in [2.45, 2.75) is 44.1 Å². The highest BCUT2D eigenvalue weighted by molar-refractivity contribution is 5.68. The molecule has 15 heavy (non-hydrogen) atoms. The van der Waals surface area contributed by atoms with Gasteiger partial charge in [0.25, 0.3) is 0 Å². The van der Waals surface area contributed by atoms with E-state index in [1.807, 2.05) is 11.9 Å². The molecule has 2 N–H and O–H groups in total. The zero-order valence-corrected chi connectivity index (χ0v) is 9.41. The average Bonchev–Trinajstić information content (AvgIpc) is 2.18. The number of aliphatic carboxylic acids is 1. The van der Waals surface area contributed by atoms with E-state index >= 15 is 0 Å². The smallest absolute Gasteiger partial charge is 0.305 e. The van der Waals surface area contributed by atoms with Gasteiger partial charge in [0.2, 0.25) is 0 Å². The standard InChI is InChI=1S/C11H21NO3/c1-12(7-8-13)11(9-10(14)15)5-3-2-4-6-11/h13H,2-9H2,1H3,(H,14,15). The molecule has 0 bridgehead atoms. The van der Waals surface area contributed by atoms with E-state index in [-0.39, 0.29) is 18.6 Å². The van der Waals surface area contributed by atoms with Gasteiger partial charge in [-0.1, -0.05) is 19.3 Å². The predicted molar refractivity (Wildman–Crippen MR) is 57.8 cm³/mol. The molecule has 1 rings (SSSR count). The number of carboxylic acids is 1. The van der Waals surface area contributed by atoms with E-state index in [1.54, 1.807) is 0 Å². The molecule has 1 saturated carbocycles. The molecule has 0 amide bonds. The molecule has 0 spiro atoms. The van der Waals surface area contributed by atoms with Crippen LogP contribution in [0.4, 0.5) is 0 Å². The Balaban J connectivity index is 2.69. The van der Waals surface area contributed by atoms with Crippen molar-refractivity contribution in [1.82, 2.24) is 4.90 Å². The molecule has 0 unspecified atom stereocenters. The second-order valence-corrected chi connectivity index (χ2v) is 4.50. The normalized spacial score (nSPS) is 20.5. The lowest BCUT2D eigenvalue weighted by Crippen LogP contribution is -2.50. The second kappa shape index (κ2) is 5.47. The maximum absolute atomic E-state index is 10.9. The number of likely N-dealkylation sites (N-methyl/N-ethyl adjacent to an activating group) is 1. The van der Waals surface area contributed by atoms with Crippen molar-refractivity contribution in [3.8, 4) is 0 Å². The van der Waals surface area contributed by atoms with Gasteiger partial charge in [-0.15, -0.1) is 0 Å². The fourth-order valence-electron chi connectivity index (χ4n) is 2.57. The van der Waals surface area contributed by atoms with E-state index in [2.05, 4.69) is 0 Å². The fourth-order valence-corrected chi connectivity index (χ4v) is 2.57. The van der Waals surface area contributed by atoms with Crippen molar-refractivity contribution < 1.29 is 15.0 Å². The Hall–Kier alpha value is -0.610. The Morgan fingerprint density at radius 3 is 2.40 bits per heavy atom. The first kappa shape index (κ1) is 12.5. The lowest BCUT2D eigenvalue weighted by Gasteiger charge is -2.43. The SMILES string of the molecule is CN(CCO)C1(CC(=O)O)CCCCC1. The maximum Gasteiger partial charge on any atom is 0.305 e. The average molecular weight is 215 g/mol. The number of carboxylic acid groups (broad SMARTS) is 1. The van der Waals surface area contributed by atoms with E-state index in [0.717, 1.165) is 25.7 Å². The molecule has 0 radical (unpaired) electrons. The number of carbonyl (C=O) groups is 1. The quantitative estimate of drug-likeness (QED) is 0.720. The van der Waals surface area contributed by atoms with E-state index < -0.39 is 5.97 Å². The summed E-state index contributed by atoms with van der Waals surface area (Å²) in [5.74, 6) is -0.735. The maximum atomic E-state index is 10.9. The van der Waals surface area contributed by atoms with Gasteiger partial charge in [0.1, 0.15) is 0 Å². The topological polar surface area (TPSA) is 60.8 Å². The molecule has 0 saturated heterocycles. The first-order valence-electron chi connectivity index (χ1n) is 5.65. The summed E-state index contributed by atoms with van der Waals surface area (Å²) < 4.78 is 0. The Morgan fingerprint density at radius 1 is 1.33 bits per heavy atom. The largest absolute Gasteiger partial charge is 0.481 e. The van der Waals surface area contributed by atoms with Crippen LogP contribution in [0.2, 0.25) is 0 Å². The number of rotatable bonds is 5. The van der Waals surface area contributed by atoms with Gasteiger partial charge in [-0.05, 0) is 19.9 Å². The van der Waals surface area contributed by atoms with Gasteiger partial charge in [0.05, 0.1) is 13.0 Å². The van der Waals surface area contributed by atoms with Crippen molar-refractivity contribution in [1.29, 1.82) is 0 Å². The Bertz CT molecular complexity index is 212. The summed E-state index contributed by atoms with van der Waals surface area (Å²) in [5, 5.41) is 17.9. The summed E-state index contributed by atoms with van der Waals surface area (Å²) >= 11 is 0. The summed E-state index contributed by atoms with van der Waals surface area (Å²) in [6, 6.07) is 0. The molecule has 0 aromatic rings. The fraction of sp³-hybridized carbons (Fsp3) is 0.909. The molecule has 0 heterocycles. The first-order valence-corrected chi connectivity index (χ1v) is 5.65. The number of aliphatic hydroxyl groups excluding tert-OH is 1. The van der Waals surface area contributed by atoms with E-state index in [4.69, 9.17) is 10.2 Å². The van der Waals surface area contributed by atoms with E-state index in [1.165, 1.54) is 6.42 Å². The van der Waals surface area contributed by atoms with Crippen molar-refractivity contribution >= 4 is 5.97 Å². The van der Waals surface area contributed by atoms with Crippen LogP contribution in [0.25, 0.3) is 0 Å². The summed E-state index contributed by atoms with van der Waals surface area (Å²) in [4.78, 5) is 12.9. The number of nitrogens with zero attached hydrogens (tertiary/aromatic N) is 1. The lowest BCUT2D eigenvalue weighted by atomic mass is 9.78. The number of β-amino-alcohol motifs (C(OH)–C–C–N with tert-alkyl or cyclic N) is 1. The molecule has 0 aromatic carbocycles. The summed E-state index contributed by atoms with van der Waals surface area (Å²) in [6.45, 7) is 0.658. The first-order chi connectivity index (χ1) is 7.10. The van der Waals surface area contributed by atoms with Crippen LogP contribution in [-0.4, -0.2) is 46.8 Å². The van der Waals surface area contributed by atoms with Gasteiger partial charge in [-0.3, -0.25) is 9.69 Å².